The van der Waals surface area contributed by atoms with Crippen LogP contribution in [0.25, 0.3) is 0 Å². The van der Waals surface area contributed by atoms with E-state index >= 15 is 0 Å². The Balaban J connectivity index is 1.38. The first-order valence-corrected chi connectivity index (χ1v) is 10.3. The van der Waals surface area contributed by atoms with Crippen molar-refractivity contribution in [3.63, 3.8) is 0 Å². The Bertz CT molecular complexity index is 882. The highest BCUT2D eigenvalue weighted by atomic mass is 32.2. The van der Waals surface area contributed by atoms with Crippen LogP contribution >= 0.6 is 11.8 Å². The van der Waals surface area contributed by atoms with E-state index in [0.29, 0.717) is 12.2 Å². The van der Waals surface area contributed by atoms with Gasteiger partial charge in [0.15, 0.2) is 0 Å². The molecule has 0 spiro atoms. The fourth-order valence-corrected chi connectivity index (χ4v) is 3.76. The Morgan fingerprint density at radius 1 is 0.929 bits per heavy atom. The number of aryl methyl sites for hydroxylation is 2. The van der Waals surface area contributed by atoms with Crippen molar-refractivity contribution in [2.75, 3.05) is 12.4 Å². The van der Waals surface area contributed by atoms with Crippen molar-refractivity contribution < 1.29 is 14.6 Å². The van der Waals surface area contributed by atoms with Gasteiger partial charge in [0.2, 0.25) is 0 Å². The van der Waals surface area contributed by atoms with Gasteiger partial charge in [0, 0.05) is 23.0 Å². The van der Waals surface area contributed by atoms with Gasteiger partial charge >= 0.3 is 5.97 Å². The molecule has 0 fully saturated rings. The summed E-state index contributed by atoms with van der Waals surface area (Å²) in [5.74, 6) is 0.792. The van der Waals surface area contributed by atoms with Crippen molar-refractivity contribution in [3.05, 3.63) is 89.7 Å². The molecule has 1 aromatic heterocycles. The summed E-state index contributed by atoms with van der Waals surface area (Å²) in [4.78, 5) is 16.0. The van der Waals surface area contributed by atoms with Gasteiger partial charge in [-0.2, -0.15) is 0 Å². The average Bonchev–Trinajstić information content (AvgIpc) is 2.74. The van der Waals surface area contributed by atoms with Gasteiger partial charge in [-0.05, 0) is 66.8 Å². The molecule has 0 unspecified atom stereocenters. The Hall–Kier alpha value is -2.79. The van der Waals surface area contributed by atoms with Gasteiger partial charge in [0.25, 0.3) is 0 Å². The highest BCUT2D eigenvalue weighted by Gasteiger charge is 2.08. The van der Waals surface area contributed by atoms with E-state index in [1.807, 2.05) is 48.8 Å². The largest absolute Gasteiger partial charge is 0.494 e. The van der Waals surface area contributed by atoms with E-state index in [9.17, 15) is 9.90 Å². The maximum atomic E-state index is 11.2. The molecule has 144 valence electrons. The van der Waals surface area contributed by atoms with Gasteiger partial charge in [-0.25, -0.2) is 4.79 Å². The molecule has 0 saturated carbocycles. The first-order chi connectivity index (χ1) is 13.7. The molecule has 0 atom stereocenters. The number of aromatic carboxylic acids is 1. The molecule has 1 heterocycles. The lowest BCUT2D eigenvalue weighted by atomic mass is 10.1. The summed E-state index contributed by atoms with van der Waals surface area (Å²) >= 11 is 1.55. The third-order valence-electron chi connectivity index (χ3n) is 4.31. The number of thioether (sulfide) groups is 1. The van der Waals surface area contributed by atoms with Crippen molar-refractivity contribution in [2.45, 2.75) is 24.2 Å². The van der Waals surface area contributed by atoms with Crippen molar-refractivity contribution >= 4 is 17.7 Å². The number of carboxylic acids is 1. The molecule has 0 bridgehead atoms. The number of carboxylic acid groups (broad SMARTS) is 1. The molecule has 3 aromatic rings. The van der Waals surface area contributed by atoms with E-state index in [1.54, 1.807) is 23.9 Å². The average molecular weight is 394 g/mol. The smallest absolute Gasteiger partial charge is 0.336 e. The summed E-state index contributed by atoms with van der Waals surface area (Å²) in [6.07, 6.45) is 6.49. The molecule has 0 amide bonds. The van der Waals surface area contributed by atoms with Gasteiger partial charge in [-0.1, -0.05) is 24.3 Å². The third kappa shape index (κ3) is 6.13. The van der Waals surface area contributed by atoms with Gasteiger partial charge in [0.1, 0.15) is 5.75 Å². The number of ether oxygens (including phenoxy) is 1. The van der Waals surface area contributed by atoms with E-state index in [0.717, 1.165) is 35.7 Å². The van der Waals surface area contributed by atoms with Crippen molar-refractivity contribution in [2.24, 2.45) is 0 Å². The van der Waals surface area contributed by atoms with Crippen LogP contribution in [0.1, 0.15) is 27.9 Å². The van der Waals surface area contributed by atoms with E-state index in [2.05, 4.69) is 17.1 Å². The van der Waals surface area contributed by atoms with Crippen molar-refractivity contribution in [3.8, 4) is 5.75 Å². The Morgan fingerprint density at radius 3 is 2.32 bits per heavy atom. The quantitative estimate of drug-likeness (QED) is 0.382. The summed E-state index contributed by atoms with van der Waals surface area (Å²) in [7, 11) is 0. The predicted molar refractivity (Wildman–Crippen MR) is 112 cm³/mol. The maximum Gasteiger partial charge on any atom is 0.336 e. The maximum absolute atomic E-state index is 11.2. The zero-order valence-corrected chi connectivity index (χ0v) is 16.4. The van der Waals surface area contributed by atoms with E-state index < -0.39 is 5.97 Å². The van der Waals surface area contributed by atoms with Gasteiger partial charge in [0.05, 0.1) is 12.2 Å². The molecule has 0 saturated heterocycles. The Morgan fingerprint density at radius 2 is 1.61 bits per heavy atom. The summed E-state index contributed by atoms with van der Waals surface area (Å²) in [5, 5.41) is 9.20. The zero-order valence-electron chi connectivity index (χ0n) is 15.6. The Kier molecular flexibility index (Phi) is 7.50. The monoisotopic (exact) mass is 393 g/mol. The number of nitrogens with zero attached hydrogens (tertiary/aromatic N) is 1. The van der Waals surface area contributed by atoms with E-state index in [4.69, 9.17) is 4.74 Å². The first kappa shape index (κ1) is 20.0. The van der Waals surface area contributed by atoms with Crippen LogP contribution in [0.15, 0.2) is 78.0 Å². The second-order valence-corrected chi connectivity index (χ2v) is 7.49. The number of carbonyl (C=O) groups is 1. The topological polar surface area (TPSA) is 59.4 Å². The number of pyridine rings is 1. The molecule has 0 radical (unpaired) electrons. The third-order valence-corrected chi connectivity index (χ3v) is 5.47. The molecule has 0 aliphatic heterocycles. The zero-order chi connectivity index (χ0) is 19.6. The van der Waals surface area contributed by atoms with Crippen LogP contribution in [0.5, 0.6) is 5.75 Å². The van der Waals surface area contributed by atoms with Crippen LogP contribution in [0.2, 0.25) is 0 Å². The van der Waals surface area contributed by atoms with Crippen LogP contribution in [0.3, 0.4) is 0 Å². The minimum absolute atomic E-state index is 0.357. The summed E-state index contributed by atoms with van der Waals surface area (Å²) in [5.41, 5.74) is 2.93. The fraction of sp³-hybridized carbons (Fsp3) is 0.217. The van der Waals surface area contributed by atoms with Gasteiger partial charge < -0.3 is 9.84 Å². The van der Waals surface area contributed by atoms with Crippen molar-refractivity contribution in [1.82, 2.24) is 4.98 Å². The van der Waals surface area contributed by atoms with Gasteiger partial charge in [-0.3, -0.25) is 4.98 Å². The number of hydrogen-bond acceptors (Lipinski definition) is 4. The molecule has 28 heavy (non-hydrogen) atoms. The minimum atomic E-state index is -0.886. The number of benzene rings is 2. The second kappa shape index (κ2) is 10.5. The molecule has 1 N–H and O–H groups in total. The minimum Gasteiger partial charge on any atom is -0.494 e. The second-order valence-electron chi connectivity index (χ2n) is 6.35. The molecule has 0 aliphatic carbocycles. The summed E-state index contributed by atoms with van der Waals surface area (Å²) in [6, 6.07) is 19.4. The molecule has 4 nitrogen and oxygen atoms in total. The van der Waals surface area contributed by atoms with E-state index in [1.165, 1.54) is 11.1 Å². The number of aromatic nitrogens is 1. The lowest BCUT2D eigenvalue weighted by molar-refractivity contribution is 0.0693. The molecular weight excluding hydrogens is 370 g/mol. The molecule has 3 rings (SSSR count). The summed E-state index contributed by atoms with van der Waals surface area (Å²) < 4.78 is 5.80. The number of hydrogen-bond donors (Lipinski definition) is 1. The SMILES string of the molecule is O=C(O)c1ccccc1SCCCOc1ccc(CCc2ccncc2)cc1. The molecule has 2 aromatic carbocycles. The van der Waals surface area contributed by atoms with Crippen LogP contribution in [0.4, 0.5) is 0 Å². The van der Waals surface area contributed by atoms with E-state index in [-0.39, 0.29) is 0 Å². The molecule has 0 aliphatic rings. The lowest BCUT2D eigenvalue weighted by Gasteiger charge is -2.08. The number of rotatable bonds is 10. The van der Waals surface area contributed by atoms with Crippen LogP contribution in [-0.4, -0.2) is 28.4 Å². The van der Waals surface area contributed by atoms with Crippen LogP contribution in [0, 0.1) is 0 Å². The van der Waals surface area contributed by atoms with Gasteiger partial charge in [-0.15, -0.1) is 11.8 Å². The summed E-state index contributed by atoms with van der Waals surface area (Å²) in [6.45, 7) is 0.610. The first-order valence-electron chi connectivity index (χ1n) is 9.28. The molecular formula is C23H23NO3S. The normalized spacial score (nSPS) is 10.6. The highest BCUT2D eigenvalue weighted by Crippen LogP contribution is 2.23. The fourth-order valence-electron chi connectivity index (χ4n) is 2.79. The predicted octanol–water partition coefficient (Wildman–Crippen LogP) is 5.13. The molecule has 5 heteroatoms. The Labute approximate surface area is 169 Å². The van der Waals surface area contributed by atoms with Crippen LogP contribution in [-0.2, 0) is 12.8 Å². The lowest BCUT2D eigenvalue weighted by Crippen LogP contribution is -2.01. The standard InChI is InChI=1S/C23H23NO3S/c25-23(26)21-4-1-2-5-22(21)28-17-3-16-27-20-10-8-18(9-11-20)6-7-19-12-14-24-15-13-19/h1-2,4-5,8-15H,3,6-7,16-17H2,(H,25,26). The highest BCUT2D eigenvalue weighted by molar-refractivity contribution is 7.99. The van der Waals surface area contributed by atoms with Crippen LogP contribution < -0.4 is 4.74 Å². The van der Waals surface area contributed by atoms with Crippen molar-refractivity contribution in [1.29, 1.82) is 0 Å².